The number of nitrogen functional groups attached to an aromatic ring is 1. The molecule has 0 spiro atoms. The highest BCUT2D eigenvalue weighted by Crippen LogP contribution is 2.22. The van der Waals surface area contributed by atoms with Crippen LogP contribution in [0.3, 0.4) is 0 Å². The second kappa shape index (κ2) is 5.35. The Bertz CT molecular complexity index is 335. The van der Waals surface area contributed by atoms with Gasteiger partial charge in [-0.05, 0) is 43.0 Å². The van der Waals surface area contributed by atoms with Crippen molar-refractivity contribution < 1.29 is 0 Å². The molecule has 1 saturated heterocycles. The average Bonchev–Trinajstić information content (AvgIpc) is 2.66. The van der Waals surface area contributed by atoms with Gasteiger partial charge in [0.15, 0.2) is 0 Å². The number of hydrogen-bond acceptors (Lipinski definition) is 2. The Kier molecular flexibility index (Phi) is 3.83. The second-order valence-corrected chi connectivity index (χ2v) is 4.92. The molecule has 1 atom stereocenters. The van der Waals surface area contributed by atoms with Crippen molar-refractivity contribution in [2.45, 2.75) is 32.7 Å². The van der Waals surface area contributed by atoms with Crippen LogP contribution < -0.4 is 5.73 Å². The molecule has 0 aliphatic carbocycles. The summed E-state index contributed by atoms with van der Waals surface area (Å²) < 4.78 is 0. The molecular formula is C14H22N2. The fraction of sp³-hybridized carbons (Fsp3) is 0.571. The molecule has 0 radical (unpaired) electrons. The van der Waals surface area contributed by atoms with Crippen molar-refractivity contribution in [2.75, 3.05) is 18.8 Å². The Morgan fingerprint density at radius 3 is 3.06 bits per heavy atom. The molecule has 2 N–H and O–H groups in total. The van der Waals surface area contributed by atoms with Crippen molar-refractivity contribution in [3.63, 3.8) is 0 Å². The summed E-state index contributed by atoms with van der Waals surface area (Å²) in [7, 11) is 0. The van der Waals surface area contributed by atoms with Crippen molar-refractivity contribution in [2.24, 2.45) is 5.92 Å². The lowest BCUT2D eigenvalue weighted by Crippen LogP contribution is -2.20. The smallest absolute Gasteiger partial charge is 0.0317 e. The van der Waals surface area contributed by atoms with Gasteiger partial charge in [0.25, 0.3) is 0 Å². The Hall–Kier alpha value is -1.02. The van der Waals surface area contributed by atoms with Gasteiger partial charge in [-0.1, -0.05) is 25.5 Å². The van der Waals surface area contributed by atoms with Crippen LogP contribution in [0.25, 0.3) is 0 Å². The van der Waals surface area contributed by atoms with Gasteiger partial charge in [-0.25, -0.2) is 0 Å². The zero-order valence-electron chi connectivity index (χ0n) is 10.2. The van der Waals surface area contributed by atoms with E-state index in [0.717, 1.165) is 18.2 Å². The third-order valence-corrected chi connectivity index (χ3v) is 3.42. The molecule has 0 bridgehead atoms. The Morgan fingerprint density at radius 1 is 1.44 bits per heavy atom. The molecule has 1 unspecified atom stereocenters. The first kappa shape index (κ1) is 11.5. The summed E-state index contributed by atoms with van der Waals surface area (Å²) in [5.41, 5.74) is 8.01. The minimum Gasteiger partial charge on any atom is -0.399 e. The number of rotatable bonds is 4. The molecule has 2 rings (SSSR count). The lowest BCUT2D eigenvalue weighted by atomic mass is 10.0. The van der Waals surface area contributed by atoms with Crippen LogP contribution in [0.5, 0.6) is 0 Å². The largest absolute Gasteiger partial charge is 0.399 e. The standard InChI is InChI=1S/C14H22N2/c1-2-4-12-7-8-16(10-12)11-13-5-3-6-14(15)9-13/h3,5-6,9,12H,2,4,7-8,10-11,15H2,1H3. The maximum Gasteiger partial charge on any atom is 0.0317 e. The zero-order chi connectivity index (χ0) is 11.4. The Morgan fingerprint density at radius 2 is 2.31 bits per heavy atom. The molecule has 1 aromatic carbocycles. The molecular weight excluding hydrogens is 196 g/mol. The van der Waals surface area contributed by atoms with E-state index >= 15 is 0 Å². The first-order chi connectivity index (χ1) is 7.78. The van der Waals surface area contributed by atoms with Gasteiger partial charge in [-0.3, -0.25) is 4.90 Å². The van der Waals surface area contributed by atoms with Gasteiger partial charge in [-0.15, -0.1) is 0 Å². The summed E-state index contributed by atoms with van der Waals surface area (Å²) in [6, 6.07) is 8.26. The van der Waals surface area contributed by atoms with E-state index in [9.17, 15) is 0 Å². The normalized spacial score (nSPS) is 21.4. The Labute approximate surface area is 98.4 Å². The first-order valence-electron chi connectivity index (χ1n) is 6.34. The van der Waals surface area contributed by atoms with E-state index in [4.69, 9.17) is 5.73 Å². The summed E-state index contributed by atoms with van der Waals surface area (Å²) in [5.74, 6) is 0.922. The van der Waals surface area contributed by atoms with Crippen LogP contribution in [0.15, 0.2) is 24.3 Å². The first-order valence-corrected chi connectivity index (χ1v) is 6.34. The fourth-order valence-electron chi connectivity index (χ4n) is 2.65. The van der Waals surface area contributed by atoms with E-state index in [1.165, 1.54) is 37.9 Å². The van der Waals surface area contributed by atoms with Crippen LogP contribution >= 0.6 is 0 Å². The SMILES string of the molecule is CCCC1CCN(Cc2cccc(N)c2)C1. The molecule has 0 saturated carbocycles. The van der Waals surface area contributed by atoms with Crippen LogP contribution in [-0.2, 0) is 6.54 Å². The molecule has 1 aromatic rings. The molecule has 0 aromatic heterocycles. The van der Waals surface area contributed by atoms with Crippen LogP contribution in [-0.4, -0.2) is 18.0 Å². The minimum absolute atomic E-state index is 0.877. The minimum atomic E-state index is 0.877. The molecule has 2 heteroatoms. The highest BCUT2D eigenvalue weighted by molar-refractivity contribution is 5.40. The van der Waals surface area contributed by atoms with E-state index in [-0.39, 0.29) is 0 Å². The third kappa shape index (κ3) is 2.99. The number of hydrogen-bond donors (Lipinski definition) is 1. The zero-order valence-corrected chi connectivity index (χ0v) is 10.2. The number of anilines is 1. The van der Waals surface area contributed by atoms with Gasteiger partial charge in [0.2, 0.25) is 0 Å². The van der Waals surface area contributed by atoms with Gasteiger partial charge < -0.3 is 5.73 Å². The molecule has 1 heterocycles. The summed E-state index contributed by atoms with van der Waals surface area (Å²) in [6.45, 7) is 5.86. The number of benzene rings is 1. The van der Waals surface area contributed by atoms with Gasteiger partial charge in [0.05, 0.1) is 0 Å². The lowest BCUT2D eigenvalue weighted by Gasteiger charge is -2.16. The van der Waals surface area contributed by atoms with E-state index in [2.05, 4.69) is 24.0 Å². The number of nitrogens with zero attached hydrogens (tertiary/aromatic N) is 1. The van der Waals surface area contributed by atoms with Crippen LogP contribution in [0.4, 0.5) is 5.69 Å². The van der Waals surface area contributed by atoms with Crippen LogP contribution in [0.2, 0.25) is 0 Å². The molecule has 1 fully saturated rings. The predicted octanol–water partition coefficient (Wildman–Crippen LogP) is 2.89. The van der Waals surface area contributed by atoms with Crippen LogP contribution in [0.1, 0.15) is 31.7 Å². The molecule has 1 aliphatic heterocycles. The third-order valence-electron chi connectivity index (χ3n) is 3.42. The maximum absolute atomic E-state index is 5.79. The van der Waals surface area contributed by atoms with Gasteiger partial charge in [0, 0.05) is 18.8 Å². The van der Waals surface area contributed by atoms with E-state index < -0.39 is 0 Å². The van der Waals surface area contributed by atoms with Crippen molar-refractivity contribution in [1.82, 2.24) is 4.90 Å². The molecule has 16 heavy (non-hydrogen) atoms. The average molecular weight is 218 g/mol. The highest BCUT2D eigenvalue weighted by atomic mass is 15.1. The molecule has 1 aliphatic rings. The van der Waals surface area contributed by atoms with Crippen molar-refractivity contribution in [3.8, 4) is 0 Å². The van der Waals surface area contributed by atoms with Crippen LogP contribution in [0, 0.1) is 5.92 Å². The summed E-state index contributed by atoms with van der Waals surface area (Å²) in [4.78, 5) is 2.55. The molecule has 88 valence electrons. The lowest BCUT2D eigenvalue weighted by molar-refractivity contribution is 0.313. The van der Waals surface area contributed by atoms with E-state index in [0.29, 0.717) is 0 Å². The van der Waals surface area contributed by atoms with E-state index in [1.54, 1.807) is 0 Å². The highest BCUT2D eigenvalue weighted by Gasteiger charge is 2.21. The number of nitrogens with two attached hydrogens (primary N) is 1. The maximum atomic E-state index is 5.79. The summed E-state index contributed by atoms with van der Waals surface area (Å²) in [6.07, 6.45) is 4.07. The van der Waals surface area contributed by atoms with Crippen molar-refractivity contribution >= 4 is 5.69 Å². The topological polar surface area (TPSA) is 29.3 Å². The Balaban J connectivity index is 1.87. The summed E-state index contributed by atoms with van der Waals surface area (Å²) in [5, 5.41) is 0. The second-order valence-electron chi connectivity index (χ2n) is 4.92. The molecule has 0 amide bonds. The summed E-state index contributed by atoms with van der Waals surface area (Å²) >= 11 is 0. The van der Waals surface area contributed by atoms with Crippen molar-refractivity contribution in [3.05, 3.63) is 29.8 Å². The van der Waals surface area contributed by atoms with Crippen molar-refractivity contribution in [1.29, 1.82) is 0 Å². The fourth-order valence-corrected chi connectivity index (χ4v) is 2.65. The van der Waals surface area contributed by atoms with Gasteiger partial charge >= 0.3 is 0 Å². The quantitative estimate of drug-likeness (QED) is 0.787. The molecule has 2 nitrogen and oxygen atoms in total. The van der Waals surface area contributed by atoms with Gasteiger partial charge in [0.1, 0.15) is 0 Å². The van der Waals surface area contributed by atoms with Gasteiger partial charge in [-0.2, -0.15) is 0 Å². The van der Waals surface area contributed by atoms with E-state index in [1.807, 2.05) is 12.1 Å². The monoisotopic (exact) mass is 218 g/mol. The predicted molar refractivity (Wildman–Crippen MR) is 69.1 cm³/mol. The number of likely N-dealkylation sites (tertiary alicyclic amines) is 1.